The van der Waals surface area contributed by atoms with Gasteiger partial charge >= 0.3 is 6.09 Å². The summed E-state index contributed by atoms with van der Waals surface area (Å²) in [5.74, 6) is 0.596. The fourth-order valence-electron chi connectivity index (χ4n) is 2.27. The molecule has 0 bridgehead atoms. The second-order valence-corrected chi connectivity index (χ2v) is 5.14. The number of hydrogen-bond donors (Lipinski definition) is 2. The van der Waals surface area contributed by atoms with Gasteiger partial charge in [0.05, 0.1) is 6.61 Å². The highest BCUT2D eigenvalue weighted by molar-refractivity contribution is 5.65. The van der Waals surface area contributed by atoms with Crippen LogP contribution >= 0.6 is 0 Å². The number of hydrogen-bond acceptors (Lipinski definition) is 3. The molecule has 0 saturated carbocycles. The Labute approximate surface area is 96.8 Å². The number of ether oxygens (including phenoxy) is 1. The van der Waals surface area contributed by atoms with Crippen molar-refractivity contribution in [2.45, 2.75) is 25.8 Å². The highest BCUT2D eigenvalue weighted by Gasteiger charge is 2.32. The molecule has 1 rings (SSSR count). The lowest BCUT2D eigenvalue weighted by Crippen LogP contribution is -2.53. The Morgan fingerprint density at radius 2 is 2.19 bits per heavy atom. The third kappa shape index (κ3) is 4.37. The molecular formula is C11H22N2O3. The minimum atomic E-state index is -0.944. The first-order valence-electron chi connectivity index (χ1n) is 5.65. The van der Waals surface area contributed by atoms with Gasteiger partial charge in [0, 0.05) is 32.3 Å². The number of methoxy groups -OCH3 is 1. The highest BCUT2D eigenvalue weighted by Crippen LogP contribution is 2.24. The molecule has 1 aliphatic rings. The maximum Gasteiger partial charge on any atom is 0.405 e. The van der Waals surface area contributed by atoms with Gasteiger partial charge in [-0.1, -0.05) is 0 Å². The van der Waals surface area contributed by atoms with E-state index < -0.39 is 6.09 Å². The van der Waals surface area contributed by atoms with E-state index in [1.54, 1.807) is 7.11 Å². The van der Waals surface area contributed by atoms with E-state index in [-0.39, 0.29) is 5.54 Å². The Morgan fingerprint density at radius 1 is 1.56 bits per heavy atom. The van der Waals surface area contributed by atoms with E-state index in [1.807, 2.05) is 13.8 Å². The van der Waals surface area contributed by atoms with Gasteiger partial charge in [0.2, 0.25) is 0 Å². The predicted molar refractivity (Wildman–Crippen MR) is 61.7 cm³/mol. The Hall–Kier alpha value is -0.810. The number of amides is 1. The monoisotopic (exact) mass is 230 g/mol. The summed E-state index contributed by atoms with van der Waals surface area (Å²) in [6, 6.07) is 0. The maximum absolute atomic E-state index is 10.6. The van der Waals surface area contributed by atoms with Crippen LogP contribution in [0, 0.1) is 5.92 Å². The average Bonchev–Trinajstić information content (AvgIpc) is 2.06. The molecule has 1 heterocycles. The lowest BCUT2D eigenvalue weighted by Gasteiger charge is -2.42. The largest absolute Gasteiger partial charge is 0.465 e. The number of carboxylic acid groups (broad SMARTS) is 1. The second-order valence-electron chi connectivity index (χ2n) is 5.14. The Balaban J connectivity index is 2.18. The third-order valence-electron chi connectivity index (χ3n) is 2.89. The van der Waals surface area contributed by atoms with Crippen molar-refractivity contribution in [1.29, 1.82) is 0 Å². The molecule has 0 aromatic carbocycles. The van der Waals surface area contributed by atoms with Crippen LogP contribution in [0.1, 0.15) is 20.3 Å². The summed E-state index contributed by atoms with van der Waals surface area (Å²) in [5, 5.41) is 11.2. The minimum absolute atomic E-state index is 0.330. The first kappa shape index (κ1) is 13.3. The van der Waals surface area contributed by atoms with Gasteiger partial charge in [0.25, 0.3) is 0 Å². The lowest BCUT2D eigenvalue weighted by molar-refractivity contribution is 0.0483. The molecule has 5 nitrogen and oxygen atoms in total. The molecule has 0 spiro atoms. The highest BCUT2D eigenvalue weighted by atomic mass is 16.5. The molecular weight excluding hydrogens is 208 g/mol. The molecule has 0 aromatic rings. The van der Waals surface area contributed by atoms with E-state index in [0.717, 1.165) is 32.7 Å². The van der Waals surface area contributed by atoms with Gasteiger partial charge < -0.3 is 20.1 Å². The standard InChI is InChI=1S/C11H22N2O3/c1-11(2,12-10(14)15)6-9-7-13(8-9)4-5-16-3/h9,12H,4-8H2,1-3H3,(H,14,15). The predicted octanol–water partition coefficient (Wildman–Crippen LogP) is 1.00. The van der Waals surface area contributed by atoms with E-state index in [2.05, 4.69) is 10.2 Å². The van der Waals surface area contributed by atoms with E-state index in [0.29, 0.717) is 5.92 Å². The smallest absolute Gasteiger partial charge is 0.405 e. The second kappa shape index (κ2) is 5.50. The molecule has 94 valence electrons. The molecule has 0 aromatic heterocycles. The minimum Gasteiger partial charge on any atom is -0.465 e. The molecule has 16 heavy (non-hydrogen) atoms. The van der Waals surface area contributed by atoms with Crippen molar-refractivity contribution >= 4 is 6.09 Å². The maximum atomic E-state index is 10.6. The van der Waals surface area contributed by atoms with Crippen LogP contribution in [0.2, 0.25) is 0 Å². The van der Waals surface area contributed by atoms with E-state index in [1.165, 1.54) is 0 Å². The van der Waals surface area contributed by atoms with Crippen molar-refractivity contribution in [1.82, 2.24) is 10.2 Å². The zero-order valence-electron chi connectivity index (χ0n) is 10.3. The summed E-state index contributed by atoms with van der Waals surface area (Å²) >= 11 is 0. The number of likely N-dealkylation sites (tertiary alicyclic amines) is 1. The molecule has 0 radical (unpaired) electrons. The van der Waals surface area contributed by atoms with Gasteiger partial charge in [0.1, 0.15) is 0 Å². The molecule has 0 atom stereocenters. The summed E-state index contributed by atoms with van der Waals surface area (Å²) < 4.78 is 5.01. The van der Waals surface area contributed by atoms with E-state index >= 15 is 0 Å². The fraction of sp³-hybridized carbons (Fsp3) is 0.909. The van der Waals surface area contributed by atoms with Crippen molar-refractivity contribution in [3.63, 3.8) is 0 Å². The lowest BCUT2D eigenvalue weighted by atomic mass is 9.86. The first-order valence-corrected chi connectivity index (χ1v) is 5.65. The van der Waals surface area contributed by atoms with Gasteiger partial charge in [0.15, 0.2) is 0 Å². The SMILES string of the molecule is COCCN1CC(CC(C)(C)NC(=O)O)C1. The van der Waals surface area contributed by atoms with Gasteiger partial charge in [-0.15, -0.1) is 0 Å². The molecule has 0 aliphatic carbocycles. The topological polar surface area (TPSA) is 61.8 Å². The van der Waals surface area contributed by atoms with Crippen LogP contribution < -0.4 is 5.32 Å². The van der Waals surface area contributed by atoms with Crippen LogP contribution in [0.3, 0.4) is 0 Å². The zero-order valence-corrected chi connectivity index (χ0v) is 10.3. The molecule has 0 unspecified atom stereocenters. The van der Waals surface area contributed by atoms with Crippen LogP contribution in [0.4, 0.5) is 4.79 Å². The third-order valence-corrected chi connectivity index (χ3v) is 2.89. The number of carbonyl (C=O) groups is 1. The van der Waals surface area contributed by atoms with Gasteiger partial charge in [-0.05, 0) is 26.2 Å². The van der Waals surface area contributed by atoms with Gasteiger partial charge in [-0.25, -0.2) is 4.79 Å². The Bertz CT molecular complexity index is 237. The molecule has 1 fully saturated rings. The number of rotatable bonds is 6. The van der Waals surface area contributed by atoms with Gasteiger partial charge in [-0.3, -0.25) is 0 Å². The molecule has 1 aliphatic heterocycles. The van der Waals surface area contributed by atoms with Gasteiger partial charge in [-0.2, -0.15) is 0 Å². The number of nitrogens with one attached hydrogen (secondary N) is 1. The van der Waals surface area contributed by atoms with Crippen molar-refractivity contribution in [3.05, 3.63) is 0 Å². The summed E-state index contributed by atoms with van der Waals surface area (Å²) in [7, 11) is 1.71. The number of nitrogens with zero attached hydrogens (tertiary/aromatic N) is 1. The van der Waals surface area contributed by atoms with Crippen molar-refractivity contribution in [2.24, 2.45) is 5.92 Å². The molecule has 1 amide bonds. The van der Waals surface area contributed by atoms with Crippen molar-refractivity contribution < 1.29 is 14.6 Å². The fourth-order valence-corrected chi connectivity index (χ4v) is 2.27. The Kier molecular flexibility index (Phi) is 4.56. The summed E-state index contributed by atoms with van der Waals surface area (Å²) in [6.07, 6.45) is -0.0523. The van der Waals surface area contributed by atoms with Crippen LogP contribution in [-0.4, -0.2) is 55.0 Å². The van der Waals surface area contributed by atoms with Crippen LogP contribution in [-0.2, 0) is 4.74 Å². The zero-order chi connectivity index (χ0) is 12.2. The molecule has 2 N–H and O–H groups in total. The van der Waals surface area contributed by atoms with Crippen LogP contribution in [0.15, 0.2) is 0 Å². The summed E-state index contributed by atoms with van der Waals surface area (Å²) in [6.45, 7) is 7.70. The van der Waals surface area contributed by atoms with Crippen molar-refractivity contribution in [2.75, 3.05) is 33.4 Å². The first-order chi connectivity index (χ1) is 7.43. The molecule has 5 heteroatoms. The Morgan fingerprint density at radius 3 is 2.69 bits per heavy atom. The quantitative estimate of drug-likeness (QED) is 0.714. The van der Waals surface area contributed by atoms with Crippen LogP contribution in [0.5, 0.6) is 0 Å². The summed E-state index contributed by atoms with van der Waals surface area (Å²) in [4.78, 5) is 12.9. The average molecular weight is 230 g/mol. The van der Waals surface area contributed by atoms with E-state index in [4.69, 9.17) is 9.84 Å². The molecule has 1 saturated heterocycles. The van der Waals surface area contributed by atoms with Crippen LogP contribution in [0.25, 0.3) is 0 Å². The van der Waals surface area contributed by atoms with Crippen molar-refractivity contribution in [3.8, 4) is 0 Å². The normalized spacial score (nSPS) is 18.2. The summed E-state index contributed by atoms with van der Waals surface area (Å²) in [5.41, 5.74) is -0.330. The van der Waals surface area contributed by atoms with E-state index in [9.17, 15) is 4.79 Å².